The van der Waals surface area contributed by atoms with Crippen LogP contribution in [0.2, 0.25) is 0 Å². The molecule has 2 rings (SSSR count). The molecular formula is C23H31N3O2. The first-order valence-corrected chi connectivity index (χ1v) is 9.79. The van der Waals surface area contributed by atoms with Gasteiger partial charge in [-0.1, -0.05) is 42.5 Å². The van der Waals surface area contributed by atoms with E-state index in [-0.39, 0.29) is 18.4 Å². The molecule has 0 unspecified atom stereocenters. The number of nitrogens with zero attached hydrogens (tertiary/aromatic N) is 2. The minimum atomic E-state index is -0.495. The van der Waals surface area contributed by atoms with Gasteiger partial charge in [0.25, 0.3) is 0 Å². The van der Waals surface area contributed by atoms with Crippen molar-refractivity contribution in [3.8, 4) is 0 Å². The number of carbonyl (C=O) groups is 2. The summed E-state index contributed by atoms with van der Waals surface area (Å²) in [6.45, 7) is 9.35. The van der Waals surface area contributed by atoms with Crippen molar-refractivity contribution in [3.05, 3.63) is 65.2 Å². The molecule has 0 fully saturated rings. The van der Waals surface area contributed by atoms with Gasteiger partial charge in [-0.15, -0.1) is 0 Å². The van der Waals surface area contributed by atoms with Gasteiger partial charge in [-0.3, -0.25) is 14.5 Å². The molecule has 5 heteroatoms. The zero-order valence-electron chi connectivity index (χ0n) is 17.5. The van der Waals surface area contributed by atoms with Crippen molar-refractivity contribution in [3.63, 3.8) is 0 Å². The Kier molecular flexibility index (Phi) is 7.76. The molecule has 0 spiro atoms. The van der Waals surface area contributed by atoms with Gasteiger partial charge in [0, 0.05) is 18.8 Å². The molecule has 0 saturated carbocycles. The lowest BCUT2D eigenvalue weighted by atomic mass is 10.0. The van der Waals surface area contributed by atoms with Crippen LogP contribution in [-0.2, 0) is 9.59 Å². The third kappa shape index (κ3) is 5.20. The second kappa shape index (κ2) is 10.0. The average Bonchev–Trinajstić information content (AvgIpc) is 2.67. The van der Waals surface area contributed by atoms with Crippen LogP contribution in [0.5, 0.6) is 0 Å². The van der Waals surface area contributed by atoms with Crippen molar-refractivity contribution in [1.29, 1.82) is 0 Å². The quantitative estimate of drug-likeness (QED) is 0.757. The number of hydrogen-bond donors (Lipinski definition) is 1. The molecule has 0 aliphatic rings. The van der Waals surface area contributed by atoms with E-state index in [1.165, 1.54) is 0 Å². The lowest BCUT2D eigenvalue weighted by Crippen LogP contribution is -2.44. The zero-order chi connectivity index (χ0) is 20.7. The predicted octanol–water partition coefficient (Wildman–Crippen LogP) is 3.78. The smallest absolute Gasteiger partial charge is 0.244 e. The van der Waals surface area contributed by atoms with E-state index < -0.39 is 6.04 Å². The Balaban J connectivity index is 2.20. The van der Waals surface area contributed by atoms with E-state index in [0.717, 1.165) is 22.4 Å². The number of hydrogen-bond acceptors (Lipinski definition) is 3. The first kappa shape index (κ1) is 21.6. The molecular weight excluding hydrogens is 350 g/mol. The first-order chi connectivity index (χ1) is 13.4. The molecule has 2 aromatic rings. The average molecular weight is 382 g/mol. The summed E-state index contributed by atoms with van der Waals surface area (Å²) < 4.78 is 0. The van der Waals surface area contributed by atoms with Gasteiger partial charge in [0.2, 0.25) is 11.8 Å². The van der Waals surface area contributed by atoms with Crippen molar-refractivity contribution in [1.82, 2.24) is 9.80 Å². The molecule has 28 heavy (non-hydrogen) atoms. The maximum absolute atomic E-state index is 13.1. The van der Waals surface area contributed by atoms with Crippen LogP contribution < -0.4 is 5.32 Å². The molecule has 5 nitrogen and oxygen atoms in total. The summed E-state index contributed by atoms with van der Waals surface area (Å²) in [5, 5.41) is 2.98. The maximum Gasteiger partial charge on any atom is 0.244 e. The number of likely N-dealkylation sites (N-methyl/N-ethyl adjacent to an activating group) is 2. The molecule has 0 aliphatic carbocycles. The van der Waals surface area contributed by atoms with Crippen molar-refractivity contribution < 1.29 is 9.59 Å². The second-order valence-electron chi connectivity index (χ2n) is 7.03. The Morgan fingerprint density at radius 3 is 2.21 bits per heavy atom. The van der Waals surface area contributed by atoms with Crippen LogP contribution in [0.15, 0.2) is 48.5 Å². The van der Waals surface area contributed by atoms with Gasteiger partial charge in [0.05, 0.1) is 6.54 Å². The summed E-state index contributed by atoms with van der Waals surface area (Å²) in [6, 6.07) is 15.0. The number of amides is 2. The third-order valence-electron chi connectivity index (χ3n) is 5.14. The number of carbonyl (C=O) groups excluding carboxylic acids is 2. The van der Waals surface area contributed by atoms with E-state index in [2.05, 4.69) is 5.32 Å². The van der Waals surface area contributed by atoms with Gasteiger partial charge < -0.3 is 10.2 Å². The summed E-state index contributed by atoms with van der Waals surface area (Å²) in [5.74, 6) is -0.122. The second-order valence-corrected chi connectivity index (χ2v) is 7.03. The van der Waals surface area contributed by atoms with Gasteiger partial charge >= 0.3 is 0 Å². The van der Waals surface area contributed by atoms with E-state index in [0.29, 0.717) is 13.1 Å². The summed E-state index contributed by atoms with van der Waals surface area (Å²) in [4.78, 5) is 29.4. The molecule has 150 valence electrons. The summed E-state index contributed by atoms with van der Waals surface area (Å²) in [5.41, 5.74) is 3.88. The highest BCUT2D eigenvalue weighted by Crippen LogP contribution is 2.23. The molecule has 2 amide bonds. The van der Waals surface area contributed by atoms with Crippen LogP contribution in [0.1, 0.15) is 36.6 Å². The molecule has 0 bridgehead atoms. The summed E-state index contributed by atoms with van der Waals surface area (Å²) in [7, 11) is 1.82. The van der Waals surface area contributed by atoms with E-state index >= 15 is 0 Å². The number of rotatable bonds is 8. The molecule has 0 heterocycles. The van der Waals surface area contributed by atoms with E-state index in [1.807, 2.05) is 88.2 Å². The Morgan fingerprint density at radius 1 is 0.964 bits per heavy atom. The maximum atomic E-state index is 13.1. The Bertz CT molecular complexity index is 801. The standard InChI is InChI=1S/C23H31N3O2/c1-6-26(7-2)23(28)22(19-13-9-8-10-14-19)25(5)16-21(27)24-20-15-11-12-17(3)18(20)4/h8-15,22H,6-7,16H2,1-5H3,(H,24,27)/t22-/m1/s1. The van der Waals surface area contributed by atoms with Crippen LogP contribution >= 0.6 is 0 Å². The number of aryl methyl sites for hydroxylation is 1. The van der Waals surface area contributed by atoms with Crippen LogP contribution in [-0.4, -0.2) is 48.3 Å². The van der Waals surface area contributed by atoms with Crippen LogP contribution in [0.4, 0.5) is 5.69 Å². The van der Waals surface area contributed by atoms with Crippen LogP contribution in [0.25, 0.3) is 0 Å². The Hall–Kier alpha value is -2.66. The lowest BCUT2D eigenvalue weighted by Gasteiger charge is -2.31. The highest BCUT2D eigenvalue weighted by atomic mass is 16.2. The van der Waals surface area contributed by atoms with Gasteiger partial charge in [-0.05, 0) is 57.5 Å². The molecule has 2 aromatic carbocycles. The van der Waals surface area contributed by atoms with Crippen LogP contribution in [0, 0.1) is 13.8 Å². The molecule has 0 radical (unpaired) electrons. The third-order valence-corrected chi connectivity index (χ3v) is 5.14. The molecule has 0 saturated heterocycles. The van der Waals surface area contributed by atoms with E-state index in [9.17, 15) is 9.59 Å². The van der Waals surface area contributed by atoms with Crippen molar-refractivity contribution >= 4 is 17.5 Å². The highest BCUT2D eigenvalue weighted by Gasteiger charge is 2.29. The van der Waals surface area contributed by atoms with Crippen LogP contribution in [0.3, 0.4) is 0 Å². The van der Waals surface area contributed by atoms with Crippen molar-refractivity contribution in [2.24, 2.45) is 0 Å². The van der Waals surface area contributed by atoms with Gasteiger partial charge in [-0.25, -0.2) is 0 Å². The zero-order valence-corrected chi connectivity index (χ0v) is 17.5. The molecule has 1 N–H and O–H groups in total. The Labute approximate surface area is 168 Å². The topological polar surface area (TPSA) is 52.7 Å². The normalized spacial score (nSPS) is 11.9. The lowest BCUT2D eigenvalue weighted by molar-refractivity contribution is -0.137. The first-order valence-electron chi connectivity index (χ1n) is 9.79. The fraction of sp³-hybridized carbons (Fsp3) is 0.391. The number of anilines is 1. The molecule has 0 aromatic heterocycles. The summed E-state index contributed by atoms with van der Waals surface area (Å²) >= 11 is 0. The summed E-state index contributed by atoms with van der Waals surface area (Å²) in [6.07, 6.45) is 0. The van der Waals surface area contributed by atoms with Crippen molar-refractivity contribution in [2.45, 2.75) is 33.7 Å². The predicted molar refractivity (Wildman–Crippen MR) is 114 cm³/mol. The van der Waals surface area contributed by atoms with E-state index in [1.54, 1.807) is 4.90 Å². The van der Waals surface area contributed by atoms with E-state index in [4.69, 9.17) is 0 Å². The molecule has 1 atom stereocenters. The van der Waals surface area contributed by atoms with Gasteiger partial charge in [0.1, 0.15) is 6.04 Å². The largest absolute Gasteiger partial charge is 0.342 e. The highest BCUT2D eigenvalue weighted by molar-refractivity contribution is 5.93. The number of nitrogens with one attached hydrogen (secondary N) is 1. The minimum Gasteiger partial charge on any atom is -0.342 e. The fourth-order valence-electron chi connectivity index (χ4n) is 3.32. The van der Waals surface area contributed by atoms with Gasteiger partial charge in [-0.2, -0.15) is 0 Å². The molecule has 0 aliphatic heterocycles. The minimum absolute atomic E-state index is 0.0123. The Morgan fingerprint density at radius 2 is 1.61 bits per heavy atom. The van der Waals surface area contributed by atoms with Crippen molar-refractivity contribution in [2.75, 3.05) is 32.0 Å². The monoisotopic (exact) mass is 381 g/mol. The SMILES string of the molecule is CCN(CC)C(=O)[C@@H](c1ccccc1)N(C)CC(=O)Nc1cccc(C)c1C. The number of benzene rings is 2. The fourth-order valence-corrected chi connectivity index (χ4v) is 3.32. The van der Waals surface area contributed by atoms with Gasteiger partial charge in [0.15, 0.2) is 0 Å².